The van der Waals surface area contributed by atoms with Gasteiger partial charge >= 0.3 is 0 Å². The van der Waals surface area contributed by atoms with E-state index in [1.54, 1.807) is 6.07 Å². The molecule has 1 fully saturated rings. The summed E-state index contributed by atoms with van der Waals surface area (Å²) in [5.74, 6) is 5.71. The van der Waals surface area contributed by atoms with Crippen LogP contribution in [0.25, 0.3) is 11.3 Å². The Hall–Kier alpha value is -2.67. The van der Waals surface area contributed by atoms with E-state index in [9.17, 15) is 9.59 Å². The number of benzene rings is 1. The zero-order valence-corrected chi connectivity index (χ0v) is 14.6. The molecule has 0 radical (unpaired) electrons. The van der Waals surface area contributed by atoms with Gasteiger partial charge in [0, 0.05) is 24.1 Å². The summed E-state index contributed by atoms with van der Waals surface area (Å²) in [6, 6.07) is 11.2. The number of nitrogens with one attached hydrogen (secondary N) is 2. The molecule has 1 aromatic carbocycles. The maximum Gasteiger partial charge on any atom is 0.289 e. The van der Waals surface area contributed by atoms with Gasteiger partial charge in [0.15, 0.2) is 0 Å². The van der Waals surface area contributed by atoms with Crippen LogP contribution >= 0.6 is 0 Å². The molecule has 138 valence electrons. The number of nitrogens with two attached hydrogens (primary N) is 1. The maximum atomic E-state index is 12.1. The van der Waals surface area contributed by atoms with Crippen molar-refractivity contribution in [3.05, 3.63) is 42.2 Å². The number of carbonyl (C=O) groups excluding carboxylic acids is 2. The normalized spacial score (nSPS) is 18.8. The van der Waals surface area contributed by atoms with E-state index in [0.717, 1.165) is 37.7 Å². The Morgan fingerprint density at radius 2 is 1.96 bits per heavy atom. The third kappa shape index (κ3) is 4.49. The number of unbranched alkanes of at least 4 members (excludes halogenated alkanes) is 1. The third-order valence-electron chi connectivity index (χ3n) is 4.88. The first-order valence-electron chi connectivity index (χ1n) is 8.98. The van der Waals surface area contributed by atoms with Gasteiger partial charge in [-0.05, 0) is 25.2 Å². The number of hydrazine groups is 1. The van der Waals surface area contributed by atoms with E-state index in [1.807, 2.05) is 30.3 Å². The molecule has 3 rings (SSSR count). The summed E-state index contributed by atoms with van der Waals surface area (Å²) in [4.78, 5) is 23.4. The van der Waals surface area contributed by atoms with Crippen LogP contribution < -0.4 is 16.6 Å². The molecule has 0 spiro atoms. The predicted octanol–water partition coefficient (Wildman–Crippen LogP) is 2.26. The molecule has 1 aliphatic rings. The lowest BCUT2D eigenvalue weighted by molar-refractivity contribution is -0.129. The largest absolute Gasteiger partial charge is 0.350 e. The van der Waals surface area contributed by atoms with Crippen molar-refractivity contribution >= 4 is 11.8 Å². The van der Waals surface area contributed by atoms with E-state index in [-0.39, 0.29) is 23.5 Å². The highest BCUT2D eigenvalue weighted by atomic mass is 16.5. The molecule has 0 bridgehead atoms. The summed E-state index contributed by atoms with van der Waals surface area (Å²) in [5.41, 5.74) is 3.77. The van der Waals surface area contributed by atoms with Gasteiger partial charge in [0.25, 0.3) is 5.91 Å². The third-order valence-corrected chi connectivity index (χ3v) is 4.88. The molecule has 26 heavy (non-hydrogen) atoms. The second-order valence-electron chi connectivity index (χ2n) is 6.74. The highest BCUT2D eigenvalue weighted by molar-refractivity contribution is 5.92. The number of nitrogens with zero attached hydrogens (tertiary/aromatic N) is 1. The first-order chi connectivity index (χ1) is 12.7. The van der Waals surface area contributed by atoms with Crippen molar-refractivity contribution < 1.29 is 14.1 Å². The maximum absolute atomic E-state index is 12.1. The average molecular weight is 356 g/mol. The zero-order chi connectivity index (χ0) is 18.4. The Morgan fingerprint density at radius 1 is 1.19 bits per heavy atom. The van der Waals surface area contributed by atoms with E-state index < -0.39 is 0 Å². The number of hydrogen-bond acceptors (Lipinski definition) is 5. The smallest absolute Gasteiger partial charge is 0.289 e. The molecule has 1 saturated carbocycles. The quantitative estimate of drug-likeness (QED) is 0.291. The Balaban J connectivity index is 1.33. The monoisotopic (exact) mass is 356 g/mol. The molecule has 1 heterocycles. The first-order valence-corrected chi connectivity index (χ1v) is 8.98. The van der Waals surface area contributed by atoms with Crippen molar-refractivity contribution in [2.24, 2.45) is 17.7 Å². The standard InChI is InChI=1S/C19H24N4O3/c20-22-18(24)15-10-13(11-15)6-4-5-9-21-19(25)17-12-16(23-26-17)14-7-2-1-3-8-14/h1-3,7-8,12-13,15H,4-6,9-11,20H2,(H,21,25)(H,22,24). The molecule has 1 aliphatic carbocycles. The van der Waals surface area contributed by atoms with Gasteiger partial charge in [0.05, 0.1) is 0 Å². The van der Waals surface area contributed by atoms with Gasteiger partial charge in [-0.3, -0.25) is 15.0 Å². The lowest BCUT2D eigenvalue weighted by atomic mass is 9.72. The summed E-state index contributed by atoms with van der Waals surface area (Å²) in [7, 11) is 0. The highest BCUT2D eigenvalue weighted by Gasteiger charge is 2.33. The summed E-state index contributed by atoms with van der Waals surface area (Å²) >= 11 is 0. The van der Waals surface area contributed by atoms with E-state index in [0.29, 0.717) is 18.2 Å². The summed E-state index contributed by atoms with van der Waals surface area (Å²) in [6.45, 7) is 0.597. The lowest BCUT2D eigenvalue weighted by Gasteiger charge is -2.33. The molecule has 0 unspecified atom stereocenters. The molecule has 2 amide bonds. The summed E-state index contributed by atoms with van der Waals surface area (Å²) < 4.78 is 5.14. The van der Waals surface area contributed by atoms with Crippen LogP contribution in [0.4, 0.5) is 0 Å². The van der Waals surface area contributed by atoms with E-state index >= 15 is 0 Å². The van der Waals surface area contributed by atoms with Crippen molar-refractivity contribution in [3.63, 3.8) is 0 Å². The fourth-order valence-electron chi connectivity index (χ4n) is 3.28. The molecule has 0 saturated heterocycles. The number of rotatable bonds is 8. The molecule has 7 heteroatoms. The molecule has 0 aliphatic heterocycles. The number of aromatic nitrogens is 1. The minimum Gasteiger partial charge on any atom is -0.350 e. The van der Waals surface area contributed by atoms with Crippen molar-refractivity contribution in [2.45, 2.75) is 32.1 Å². The van der Waals surface area contributed by atoms with Gasteiger partial charge in [-0.1, -0.05) is 48.3 Å². The first kappa shape index (κ1) is 18.1. The molecular formula is C19H24N4O3. The molecule has 4 N–H and O–H groups in total. The minimum absolute atomic E-state index is 0.0598. The van der Waals surface area contributed by atoms with Crippen LogP contribution in [0, 0.1) is 11.8 Å². The van der Waals surface area contributed by atoms with Crippen molar-refractivity contribution in [1.29, 1.82) is 0 Å². The van der Waals surface area contributed by atoms with Crippen LogP contribution in [0.5, 0.6) is 0 Å². The van der Waals surface area contributed by atoms with Gasteiger partial charge in [0.2, 0.25) is 11.7 Å². The summed E-state index contributed by atoms with van der Waals surface area (Å²) in [5, 5.41) is 6.80. The Kier molecular flexibility index (Phi) is 6.01. The Labute approximate surface area is 152 Å². The Bertz CT molecular complexity index is 738. The molecular weight excluding hydrogens is 332 g/mol. The van der Waals surface area contributed by atoms with Crippen LogP contribution in [-0.2, 0) is 4.79 Å². The Morgan fingerprint density at radius 3 is 2.69 bits per heavy atom. The van der Waals surface area contributed by atoms with Crippen molar-refractivity contribution in [1.82, 2.24) is 15.9 Å². The number of hydrogen-bond donors (Lipinski definition) is 3. The predicted molar refractivity (Wildman–Crippen MR) is 96.7 cm³/mol. The number of carbonyl (C=O) groups is 2. The fraction of sp³-hybridized carbons (Fsp3) is 0.421. The van der Waals surface area contributed by atoms with Gasteiger partial charge in [0.1, 0.15) is 5.69 Å². The van der Waals surface area contributed by atoms with Crippen LogP contribution in [0.3, 0.4) is 0 Å². The molecule has 1 aromatic heterocycles. The van der Waals surface area contributed by atoms with Crippen LogP contribution in [-0.4, -0.2) is 23.5 Å². The SMILES string of the molecule is NNC(=O)C1CC(CCCCNC(=O)c2cc(-c3ccccc3)no2)C1. The molecule has 2 aromatic rings. The zero-order valence-electron chi connectivity index (χ0n) is 14.6. The van der Waals surface area contributed by atoms with Crippen molar-refractivity contribution in [2.75, 3.05) is 6.54 Å². The van der Waals surface area contributed by atoms with Gasteiger partial charge < -0.3 is 9.84 Å². The van der Waals surface area contributed by atoms with Crippen molar-refractivity contribution in [3.8, 4) is 11.3 Å². The number of amides is 2. The highest BCUT2D eigenvalue weighted by Crippen LogP contribution is 2.37. The summed E-state index contributed by atoms with van der Waals surface area (Å²) in [6.07, 6.45) is 4.82. The lowest BCUT2D eigenvalue weighted by Crippen LogP contribution is -2.41. The second kappa shape index (κ2) is 8.62. The minimum atomic E-state index is -0.247. The van der Waals surface area contributed by atoms with Gasteiger partial charge in [-0.25, -0.2) is 5.84 Å². The fourth-order valence-corrected chi connectivity index (χ4v) is 3.28. The van der Waals surface area contributed by atoms with Gasteiger partial charge in [-0.15, -0.1) is 0 Å². The van der Waals surface area contributed by atoms with E-state index in [4.69, 9.17) is 10.4 Å². The molecule has 0 atom stereocenters. The second-order valence-corrected chi connectivity index (χ2v) is 6.74. The van der Waals surface area contributed by atoms with E-state index in [2.05, 4.69) is 15.9 Å². The van der Waals surface area contributed by atoms with Crippen LogP contribution in [0.1, 0.15) is 42.7 Å². The van der Waals surface area contributed by atoms with Crippen LogP contribution in [0.15, 0.2) is 40.9 Å². The topological polar surface area (TPSA) is 110 Å². The average Bonchev–Trinajstić information content (AvgIpc) is 3.13. The van der Waals surface area contributed by atoms with E-state index in [1.165, 1.54) is 0 Å². The van der Waals surface area contributed by atoms with Gasteiger partial charge in [-0.2, -0.15) is 0 Å². The van der Waals surface area contributed by atoms with Crippen LogP contribution in [0.2, 0.25) is 0 Å². The molecule has 7 nitrogen and oxygen atoms in total.